The van der Waals surface area contributed by atoms with Crippen molar-refractivity contribution in [3.8, 4) is 0 Å². The highest BCUT2D eigenvalue weighted by atomic mass is 16.6. The van der Waals surface area contributed by atoms with Crippen LogP contribution in [0.4, 0.5) is 0 Å². The SMILES string of the molecule is CCCCCCCCCCCCCC(=O)OC(C)(C)C1CCNCC1. The highest BCUT2D eigenvalue weighted by molar-refractivity contribution is 5.69. The summed E-state index contributed by atoms with van der Waals surface area (Å²) >= 11 is 0. The van der Waals surface area contributed by atoms with Crippen molar-refractivity contribution in [1.29, 1.82) is 0 Å². The molecule has 1 saturated heterocycles. The summed E-state index contributed by atoms with van der Waals surface area (Å²) in [5.41, 5.74) is -0.309. The van der Waals surface area contributed by atoms with Gasteiger partial charge in [-0.2, -0.15) is 0 Å². The fourth-order valence-corrected chi connectivity index (χ4v) is 3.88. The number of hydrogen-bond donors (Lipinski definition) is 1. The predicted octanol–water partition coefficient (Wildman–Crippen LogP) is 6.01. The number of esters is 1. The van der Waals surface area contributed by atoms with Crippen molar-refractivity contribution in [2.24, 2.45) is 5.92 Å². The van der Waals surface area contributed by atoms with Crippen molar-refractivity contribution >= 4 is 5.97 Å². The minimum atomic E-state index is -0.309. The molecule has 1 rings (SSSR count). The van der Waals surface area contributed by atoms with Crippen LogP contribution in [0, 0.1) is 5.92 Å². The van der Waals surface area contributed by atoms with Crippen LogP contribution >= 0.6 is 0 Å². The molecular weight excluding hydrogens is 310 g/mol. The van der Waals surface area contributed by atoms with Gasteiger partial charge in [0.1, 0.15) is 5.60 Å². The van der Waals surface area contributed by atoms with Gasteiger partial charge in [-0.3, -0.25) is 4.79 Å². The molecule has 148 valence electrons. The third-order valence-electron chi connectivity index (χ3n) is 5.68. The molecule has 3 heteroatoms. The van der Waals surface area contributed by atoms with Gasteiger partial charge >= 0.3 is 5.97 Å². The van der Waals surface area contributed by atoms with Gasteiger partial charge in [-0.05, 0) is 46.2 Å². The van der Waals surface area contributed by atoms with Crippen LogP contribution in [0.15, 0.2) is 0 Å². The lowest BCUT2D eigenvalue weighted by Crippen LogP contribution is -2.42. The van der Waals surface area contributed by atoms with Crippen LogP contribution in [0.5, 0.6) is 0 Å². The van der Waals surface area contributed by atoms with Gasteiger partial charge in [0.05, 0.1) is 0 Å². The van der Waals surface area contributed by atoms with Gasteiger partial charge in [-0.15, -0.1) is 0 Å². The van der Waals surface area contributed by atoms with Crippen molar-refractivity contribution in [2.75, 3.05) is 13.1 Å². The first-order chi connectivity index (χ1) is 12.1. The lowest BCUT2D eigenvalue weighted by Gasteiger charge is -2.36. The first-order valence-corrected chi connectivity index (χ1v) is 11.0. The topological polar surface area (TPSA) is 38.3 Å². The highest BCUT2D eigenvalue weighted by Crippen LogP contribution is 2.29. The molecule has 0 aromatic carbocycles. The monoisotopic (exact) mass is 353 g/mol. The summed E-state index contributed by atoms with van der Waals surface area (Å²) in [6.45, 7) is 8.53. The maximum absolute atomic E-state index is 12.1. The molecule has 0 bridgehead atoms. The number of piperidine rings is 1. The van der Waals surface area contributed by atoms with Crippen molar-refractivity contribution in [2.45, 2.75) is 116 Å². The van der Waals surface area contributed by atoms with Crippen LogP contribution < -0.4 is 5.32 Å². The normalized spacial score (nSPS) is 16.1. The average Bonchev–Trinajstić information content (AvgIpc) is 2.60. The summed E-state index contributed by atoms with van der Waals surface area (Å²) in [6.07, 6.45) is 17.2. The summed E-state index contributed by atoms with van der Waals surface area (Å²) < 4.78 is 5.80. The Labute approximate surface area is 156 Å². The zero-order chi connectivity index (χ0) is 18.4. The largest absolute Gasteiger partial charge is 0.459 e. The van der Waals surface area contributed by atoms with Crippen LogP contribution in [0.3, 0.4) is 0 Å². The second-order valence-electron chi connectivity index (χ2n) is 8.39. The van der Waals surface area contributed by atoms with Gasteiger partial charge in [-0.1, -0.05) is 71.1 Å². The van der Waals surface area contributed by atoms with E-state index in [1.165, 1.54) is 64.2 Å². The minimum absolute atomic E-state index is 0.000503. The van der Waals surface area contributed by atoms with Gasteiger partial charge < -0.3 is 10.1 Å². The second-order valence-corrected chi connectivity index (χ2v) is 8.39. The first kappa shape index (κ1) is 22.5. The van der Waals surface area contributed by atoms with Crippen LogP contribution in [-0.4, -0.2) is 24.7 Å². The molecule has 0 atom stereocenters. The first-order valence-electron chi connectivity index (χ1n) is 11.0. The van der Waals surface area contributed by atoms with Crippen LogP contribution in [0.1, 0.15) is 111 Å². The second kappa shape index (κ2) is 13.6. The fourth-order valence-electron chi connectivity index (χ4n) is 3.88. The summed E-state index contributed by atoms with van der Waals surface area (Å²) in [5, 5.41) is 3.37. The molecule has 0 saturated carbocycles. The molecule has 1 aliphatic heterocycles. The van der Waals surface area contributed by atoms with Crippen molar-refractivity contribution < 1.29 is 9.53 Å². The zero-order valence-corrected chi connectivity index (χ0v) is 17.2. The molecule has 1 N–H and O–H groups in total. The molecule has 0 aliphatic carbocycles. The molecule has 3 nitrogen and oxygen atoms in total. The van der Waals surface area contributed by atoms with Gasteiger partial charge in [0.15, 0.2) is 0 Å². The zero-order valence-electron chi connectivity index (χ0n) is 17.2. The van der Waals surface area contributed by atoms with E-state index < -0.39 is 0 Å². The Balaban J connectivity index is 1.96. The van der Waals surface area contributed by atoms with E-state index in [4.69, 9.17) is 4.74 Å². The minimum Gasteiger partial charge on any atom is -0.459 e. The lowest BCUT2D eigenvalue weighted by atomic mass is 9.83. The smallest absolute Gasteiger partial charge is 0.306 e. The van der Waals surface area contributed by atoms with Gasteiger partial charge in [0.2, 0.25) is 0 Å². The predicted molar refractivity (Wildman–Crippen MR) is 107 cm³/mol. The summed E-state index contributed by atoms with van der Waals surface area (Å²) in [6, 6.07) is 0. The molecule has 0 aromatic heterocycles. The third-order valence-corrected chi connectivity index (χ3v) is 5.68. The maximum Gasteiger partial charge on any atom is 0.306 e. The molecule has 0 aromatic rings. The van der Waals surface area contributed by atoms with E-state index in [0.29, 0.717) is 12.3 Å². The van der Waals surface area contributed by atoms with E-state index in [2.05, 4.69) is 26.1 Å². The van der Waals surface area contributed by atoms with E-state index in [-0.39, 0.29) is 11.6 Å². The Morgan fingerprint density at radius 2 is 1.36 bits per heavy atom. The van der Waals surface area contributed by atoms with E-state index in [1.54, 1.807) is 0 Å². The summed E-state index contributed by atoms with van der Waals surface area (Å²) in [4.78, 5) is 12.1. The number of unbranched alkanes of at least 4 members (excludes halogenated alkanes) is 10. The van der Waals surface area contributed by atoms with E-state index in [9.17, 15) is 4.79 Å². The molecule has 1 aliphatic rings. The Hall–Kier alpha value is -0.570. The molecule has 0 amide bonds. The molecule has 25 heavy (non-hydrogen) atoms. The van der Waals surface area contributed by atoms with Gasteiger partial charge in [-0.25, -0.2) is 0 Å². The van der Waals surface area contributed by atoms with Crippen LogP contribution in [0.25, 0.3) is 0 Å². The molecule has 1 heterocycles. The van der Waals surface area contributed by atoms with E-state index >= 15 is 0 Å². The average molecular weight is 354 g/mol. The number of hydrogen-bond acceptors (Lipinski definition) is 3. The number of nitrogens with one attached hydrogen (secondary N) is 1. The lowest BCUT2D eigenvalue weighted by molar-refractivity contribution is -0.162. The molecule has 0 radical (unpaired) electrons. The fraction of sp³-hybridized carbons (Fsp3) is 0.955. The van der Waals surface area contributed by atoms with Gasteiger partial charge in [0.25, 0.3) is 0 Å². The number of carbonyl (C=O) groups excluding carboxylic acids is 1. The molecular formula is C22H43NO2. The molecule has 0 unspecified atom stereocenters. The number of carbonyl (C=O) groups is 1. The maximum atomic E-state index is 12.1. The van der Waals surface area contributed by atoms with Gasteiger partial charge in [0, 0.05) is 12.3 Å². The van der Waals surface area contributed by atoms with E-state index in [1.807, 2.05) is 0 Å². The summed E-state index contributed by atoms with van der Waals surface area (Å²) in [5.74, 6) is 0.495. The Morgan fingerprint density at radius 3 is 1.88 bits per heavy atom. The Morgan fingerprint density at radius 1 is 0.880 bits per heavy atom. The molecule has 0 spiro atoms. The standard InChI is InChI=1S/C22H43NO2/c1-4-5-6-7-8-9-10-11-12-13-14-15-21(24)25-22(2,3)20-16-18-23-19-17-20/h20,23H,4-19H2,1-3H3. The van der Waals surface area contributed by atoms with Crippen LogP contribution in [-0.2, 0) is 9.53 Å². The Bertz CT molecular complexity index is 335. The third kappa shape index (κ3) is 10.9. The number of rotatable bonds is 14. The summed E-state index contributed by atoms with van der Waals surface area (Å²) in [7, 11) is 0. The van der Waals surface area contributed by atoms with E-state index in [0.717, 1.165) is 32.4 Å². The number of ether oxygens (including phenoxy) is 1. The Kier molecular flexibility index (Phi) is 12.2. The highest BCUT2D eigenvalue weighted by Gasteiger charge is 2.33. The van der Waals surface area contributed by atoms with Crippen molar-refractivity contribution in [3.63, 3.8) is 0 Å². The molecule has 1 fully saturated rings. The van der Waals surface area contributed by atoms with Crippen molar-refractivity contribution in [3.05, 3.63) is 0 Å². The van der Waals surface area contributed by atoms with Crippen LogP contribution in [0.2, 0.25) is 0 Å². The van der Waals surface area contributed by atoms with Crippen molar-refractivity contribution in [1.82, 2.24) is 5.32 Å². The quantitative estimate of drug-likeness (QED) is 0.307.